The summed E-state index contributed by atoms with van der Waals surface area (Å²) in [7, 11) is -2.13. The van der Waals surface area contributed by atoms with Gasteiger partial charge in [0.2, 0.25) is 0 Å². The van der Waals surface area contributed by atoms with Crippen LogP contribution in [0.15, 0.2) is 39.9 Å². The topological polar surface area (TPSA) is 57.7 Å². The van der Waals surface area contributed by atoms with Crippen LogP contribution >= 0.6 is 11.3 Å². The Bertz CT molecular complexity index is 835. The van der Waals surface area contributed by atoms with Gasteiger partial charge in [0.25, 0.3) is 15.9 Å². The van der Waals surface area contributed by atoms with Crippen LogP contribution in [0.25, 0.3) is 0 Å². The van der Waals surface area contributed by atoms with Crippen LogP contribution < -0.4 is 4.31 Å². The molecule has 0 atom stereocenters. The molecule has 1 aromatic heterocycles. The minimum Gasteiger partial charge on any atom is -0.339 e. The Kier molecular flexibility index (Phi) is 4.64. The molecular weight excluding hydrogens is 344 g/mol. The molecule has 0 spiro atoms. The van der Waals surface area contributed by atoms with E-state index < -0.39 is 10.0 Å². The van der Waals surface area contributed by atoms with E-state index in [0.29, 0.717) is 11.3 Å². The molecule has 5 nitrogen and oxygen atoms in total. The second-order valence-electron chi connectivity index (χ2n) is 5.96. The molecule has 1 fully saturated rings. The van der Waals surface area contributed by atoms with E-state index >= 15 is 0 Å². The van der Waals surface area contributed by atoms with Crippen molar-refractivity contribution in [2.24, 2.45) is 0 Å². The number of sulfonamides is 1. The molecule has 1 saturated heterocycles. The van der Waals surface area contributed by atoms with Crippen LogP contribution in [0.2, 0.25) is 0 Å². The third kappa shape index (κ3) is 3.18. The van der Waals surface area contributed by atoms with E-state index in [0.717, 1.165) is 42.8 Å². The maximum absolute atomic E-state index is 12.8. The van der Waals surface area contributed by atoms with Crippen LogP contribution in [-0.2, 0) is 10.0 Å². The molecule has 0 aliphatic carbocycles. The van der Waals surface area contributed by atoms with Gasteiger partial charge in [0.05, 0.1) is 11.3 Å². The van der Waals surface area contributed by atoms with Gasteiger partial charge in [-0.3, -0.25) is 9.10 Å². The van der Waals surface area contributed by atoms with Gasteiger partial charge in [0, 0.05) is 25.5 Å². The van der Waals surface area contributed by atoms with Crippen LogP contribution in [0, 0.1) is 6.92 Å². The van der Waals surface area contributed by atoms with Crippen LogP contribution in [0.3, 0.4) is 0 Å². The van der Waals surface area contributed by atoms with Gasteiger partial charge in [-0.1, -0.05) is 17.7 Å². The zero-order valence-electron chi connectivity index (χ0n) is 13.7. The predicted octanol–water partition coefficient (Wildman–Crippen LogP) is 3.12. The van der Waals surface area contributed by atoms with Crippen LogP contribution in [-0.4, -0.2) is 39.4 Å². The molecule has 1 aliphatic rings. The van der Waals surface area contributed by atoms with Gasteiger partial charge in [-0.2, -0.15) is 0 Å². The summed E-state index contributed by atoms with van der Waals surface area (Å²) in [6.07, 6.45) is 2.02. The van der Waals surface area contributed by atoms with Gasteiger partial charge in [0.1, 0.15) is 4.21 Å². The molecule has 0 saturated carbocycles. The van der Waals surface area contributed by atoms with Crippen LogP contribution in [0.4, 0.5) is 5.69 Å². The number of anilines is 1. The molecule has 3 rings (SSSR count). The highest BCUT2D eigenvalue weighted by Crippen LogP contribution is 2.28. The van der Waals surface area contributed by atoms with E-state index in [9.17, 15) is 13.2 Å². The van der Waals surface area contributed by atoms with Gasteiger partial charge < -0.3 is 4.90 Å². The molecule has 1 aromatic carbocycles. The van der Waals surface area contributed by atoms with Crippen molar-refractivity contribution in [3.8, 4) is 0 Å². The number of benzene rings is 1. The van der Waals surface area contributed by atoms with Crippen molar-refractivity contribution < 1.29 is 13.2 Å². The van der Waals surface area contributed by atoms with Crippen LogP contribution in [0.1, 0.15) is 28.8 Å². The molecule has 2 heterocycles. The number of thiophene rings is 1. The number of hydrogen-bond donors (Lipinski definition) is 0. The highest BCUT2D eigenvalue weighted by atomic mass is 32.2. The number of amides is 1. The predicted molar refractivity (Wildman–Crippen MR) is 96.2 cm³/mol. The second kappa shape index (κ2) is 6.57. The molecule has 1 amide bonds. The summed E-state index contributed by atoms with van der Waals surface area (Å²) in [6.45, 7) is 3.45. The van der Waals surface area contributed by atoms with Crippen molar-refractivity contribution in [2.45, 2.75) is 24.0 Å². The van der Waals surface area contributed by atoms with Gasteiger partial charge in [0.15, 0.2) is 0 Å². The average Bonchev–Trinajstić information content (AvgIpc) is 3.26. The molecule has 0 radical (unpaired) electrons. The van der Waals surface area contributed by atoms with Crippen molar-refractivity contribution in [3.05, 3.63) is 46.8 Å². The van der Waals surface area contributed by atoms with E-state index in [4.69, 9.17) is 0 Å². The lowest BCUT2D eigenvalue weighted by atomic mass is 10.2. The van der Waals surface area contributed by atoms with E-state index in [2.05, 4.69) is 0 Å². The number of carbonyl (C=O) groups excluding carboxylic acids is 1. The fourth-order valence-corrected chi connectivity index (χ4v) is 5.21. The summed E-state index contributed by atoms with van der Waals surface area (Å²) in [5.74, 6) is -0.0804. The Labute approximate surface area is 146 Å². The quantitative estimate of drug-likeness (QED) is 0.837. The zero-order chi connectivity index (χ0) is 17.3. The molecular formula is C17H20N2O3S2. The summed E-state index contributed by atoms with van der Waals surface area (Å²) in [5.41, 5.74) is 2.12. The Morgan fingerprint density at radius 2 is 1.79 bits per heavy atom. The molecule has 0 unspecified atom stereocenters. The Morgan fingerprint density at radius 1 is 1.17 bits per heavy atom. The molecule has 2 aromatic rings. The smallest absolute Gasteiger partial charge is 0.273 e. The van der Waals surface area contributed by atoms with Gasteiger partial charge in [-0.05, 0) is 38.0 Å². The maximum Gasteiger partial charge on any atom is 0.273 e. The largest absolute Gasteiger partial charge is 0.339 e. The van der Waals surface area contributed by atoms with Crippen molar-refractivity contribution in [1.82, 2.24) is 4.90 Å². The average molecular weight is 364 g/mol. The second-order valence-corrected chi connectivity index (χ2v) is 9.07. The lowest BCUT2D eigenvalue weighted by Crippen LogP contribution is -2.27. The summed E-state index contributed by atoms with van der Waals surface area (Å²) in [4.78, 5) is 14.2. The minimum atomic E-state index is -3.66. The molecule has 1 aliphatic heterocycles. The summed E-state index contributed by atoms with van der Waals surface area (Å²) < 4.78 is 27.0. The molecule has 7 heteroatoms. The maximum atomic E-state index is 12.8. The normalized spacial score (nSPS) is 14.8. The van der Waals surface area contributed by atoms with Crippen molar-refractivity contribution >= 4 is 33.0 Å². The number of nitrogens with zero attached hydrogens (tertiary/aromatic N) is 2. The zero-order valence-corrected chi connectivity index (χ0v) is 15.4. The van der Waals surface area contributed by atoms with Crippen LogP contribution in [0.5, 0.6) is 0 Å². The SMILES string of the molecule is Cc1ccc(N(C)S(=O)(=O)c2cc(C(=O)N3CCCC3)cs2)cc1. The van der Waals surface area contributed by atoms with Gasteiger partial charge in [-0.15, -0.1) is 11.3 Å². The first-order valence-corrected chi connectivity index (χ1v) is 10.1. The Morgan fingerprint density at radius 3 is 2.42 bits per heavy atom. The minimum absolute atomic E-state index is 0.0804. The van der Waals surface area contributed by atoms with E-state index in [1.807, 2.05) is 19.1 Å². The summed E-state index contributed by atoms with van der Waals surface area (Å²) in [6, 6.07) is 8.79. The van der Waals surface area contributed by atoms with Crippen molar-refractivity contribution in [1.29, 1.82) is 0 Å². The summed E-state index contributed by atoms with van der Waals surface area (Å²) in [5, 5.41) is 1.64. The Hall–Kier alpha value is -1.86. The van der Waals surface area contributed by atoms with Crippen molar-refractivity contribution in [2.75, 3.05) is 24.4 Å². The van der Waals surface area contributed by atoms with E-state index in [-0.39, 0.29) is 10.1 Å². The number of hydrogen-bond acceptors (Lipinski definition) is 4. The summed E-state index contributed by atoms with van der Waals surface area (Å²) >= 11 is 1.09. The van der Waals surface area contributed by atoms with Gasteiger partial charge >= 0.3 is 0 Å². The third-order valence-electron chi connectivity index (χ3n) is 4.23. The molecule has 128 valence electrons. The van der Waals surface area contributed by atoms with E-state index in [1.165, 1.54) is 17.4 Å². The first kappa shape index (κ1) is 17.0. The number of carbonyl (C=O) groups is 1. The highest BCUT2D eigenvalue weighted by Gasteiger charge is 2.26. The molecule has 0 bridgehead atoms. The first-order valence-electron chi connectivity index (χ1n) is 7.83. The first-order chi connectivity index (χ1) is 11.4. The number of likely N-dealkylation sites (tertiary alicyclic amines) is 1. The standard InChI is InChI=1S/C17H20N2O3S2/c1-13-5-7-15(8-6-13)18(2)24(21,22)16-11-14(12-23-16)17(20)19-9-3-4-10-19/h5-8,11-12H,3-4,9-10H2,1-2H3. The lowest BCUT2D eigenvalue weighted by molar-refractivity contribution is 0.0793. The lowest BCUT2D eigenvalue weighted by Gasteiger charge is -2.18. The highest BCUT2D eigenvalue weighted by molar-refractivity contribution is 7.94. The van der Waals surface area contributed by atoms with Crippen molar-refractivity contribution in [3.63, 3.8) is 0 Å². The molecule has 0 N–H and O–H groups in total. The third-order valence-corrected chi connectivity index (χ3v) is 7.43. The fourth-order valence-electron chi connectivity index (χ4n) is 2.70. The number of rotatable bonds is 4. The fraction of sp³-hybridized carbons (Fsp3) is 0.353. The Balaban J connectivity index is 1.84. The monoisotopic (exact) mass is 364 g/mol. The van der Waals surface area contributed by atoms with E-state index in [1.54, 1.807) is 22.4 Å². The molecule has 24 heavy (non-hydrogen) atoms. The van der Waals surface area contributed by atoms with Gasteiger partial charge in [-0.25, -0.2) is 8.42 Å². The number of aryl methyl sites for hydroxylation is 1.